The Hall–Kier alpha value is -2.70. The maximum atomic E-state index is 12.3. The Labute approximate surface area is 181 Å². The molecule has 0 saturated carbocycles. The molecular weight excluding hydrogens is 407 g/mol. The Bertz CT molecular complexity index is 869. The van der Waals surface area contributed by atoms with Crippen molar-refractivity contribution >= 4 is 11.6 Å². The molecule has 0 spiro atoms. The molecule has 0 unspecified atom stereocenters. The molecule has 0 aliphatic carbocycles. The molecule has 0 fully saturated rings. The molecule has 2 rings (SSSR count). The minimum absolute atomic E-state index is 0.0288. The quantitative estimate of drug-likeness (QED) is 0.499. The zero-order valence-corrected chi connectivity index (χ0v) is 18.6. The van der Waals surface area contributed by atoms with Crippen LogP contribution in [0.2, 0.25) is 0 Å². The van der Waals surface area contributed by atoms with Gasteiger partial charge in [0.05, 0.1) is 13.0 Å². The van der Waals surface area contributed by atoms with Crippen LogP contribution in [0.3, 0.4) is 0 Å². The lowest BCUT2D eigenvalue weighted by molar-refractivity contribution is -0.274. The van der Waals surface area contributed by atoms with Gasteiger partial charge in [-0.15, -0.1) is 13.2 Å². The fourth-order valence-electron chi connectivity index (χ4n) is 3.69. The van der Waals surface area contributed by atoms with Crippen LogP contribution in [-0.2, 0) is 10.2 Å². The molecule has 0 atom stereocenters. The molecule has 0 aliphatic heterocycles. The van der Waals surface area contributed by atoms with E-state index in [0.29, 0.717) is 5.75 Å². The zero-order valence-electron chi connectivity index (χ0n) is 18.6. The SMILES string of the molecule is CC(C)(C)CC(C)(C)c1ccc(OCCC(=O)Nc2cccc(OC(F)(F)F)c2)cc1. The molecule has 2 aromatic rings. The number of anilines is 1. The van der Waals surface area contributed by atoms with Crippen LogP contribution in [0.15, 0.2) is 48.5 Å². The smallest absolute Gasteiger partial charge is 0.493 e. The third-order valence-electron chi connectivity index (χ3n) is 4.56. The molecule has 0 aromatic heterocycles. The summed E-state index contributed by atoms with van der Waals surface area (Å²) < 4.78 is 46.4. The monoisotopic (exact) mass is 437 g/mol. The van der Waals surface area contributed by atoms with Crippen LogP contribution in [0.25, 0.3) is 0 Å². The van der Waals surface area contributed by atoms with Crippen molar-refractivity contribution in [2.45, 2.75) is 59.2 Å². The normalized spacial score (nSPS) is 12.4. The molecule has 7 heteroatoms. The first-order chi connectivity index (χ1) is 14.2. The first-order valence-electron chi connectivity index (χ1n) is 10.1. The van der Waals surface area contributed by atoms with Crippen LogP contribution in [-0.4, -0.2) is 18.9 Å². The van der Waals surface area contributed by atoms with Crippen LogP contribution in [0.1, 0.15) is 53.0 Å². The van der Waals surface area contributed by atoms with Gasteiger partial charge < -0.3 is 14.8 Å². The number of ether oxygens (including phenoxy) is 2. The summed E-state index contributed by atoms with van der Waals surface area (Å²) in [5, 5.41) is 2.54. The molecular formula is C24H30F3NO3. The largest absolute Gasteiger partial charge is 0.573 e. The van der Waals surface area contributed by atoms with Crippen LogP contribution < -0.4 is 14.8 Å². The molecule has 170 valence electrons. The molecule has 0 radical (unpaired) electrons. The predicted octanol–water partition coefficient (Wildman–Crippen LogP) is 6.71. The number of nitrogens with one attached hydrogen (secondary N) is 1. The van der Waals surface area contributed by atoms with Crippen molar-refractivity contribution in [1.82, 2.24) is 0 Å². The highest BCUT2D eigenvalue weighted by molar-refractivity contribution is 5.90. The summed E-state index contributed by atoms with van der Waals surface area (Å²) in [5.41, 5.74) is 1.68. The standard InChI is InChI=1S/C24H30F3NO3/c1-22(2,3)16-23(4,5)17-9-11-19(12-10-17)30-14-13-21(29)28-18-7-6-8-20(15-18)31-24(25,26)27/h6-12,15H,13-14,16H2,1-5H3,(H,28,29). The number of alkyl halides is 3. The van der Waals surface area contributed by atoms with Crippen LogP contribution in [0.5, 0.6) is 11.5 Å². The molecule has 0 bridgehead atoms. The lowest BCUT2D eigenvalue weighted by Gasteiger charge is -2.33. The predicted molar refractivity (Wildman–Crippen MR) is 115 cm³/mol. The molecule has 0 aliphatic rings. The highest BCUT2D eigenvalue weighted by atomic mass is 19.4. The molecule has 31 heavy (non-hydrogen) atoms. The van der Waals surface area contributed by atoms with Gasteiger partial charge in [-0.3, -0.25) is 4.79 Å². The number of rotatable bonds is 8. The maximum absolute atomic E-state index is 12.3. The number of carbonyl (C=O) groups excluding carboxylic acids is 1. The van der Waals surface area contributed by atoms with Gasteiger partial charge in [-0.2, -0.15) is 0 Å². The number of carbonyl (C=O) groups is 1. The molecule has 2 aromatic carbocycles. The molecule has 0 saturated heterocycles. The van der Waals surface area contributed by atoms with Crippen molar-refractivity contribution in [3.05, 3.63) is 54.1 Å². The summed E-state index contributed by atoms with van der Waals surface area (Å²) in [7, 11) is 0. The van der Waals surface area contributed by atoms with Gasteiger partial charge in [-0.1, -0.05) is 52.8 Å². The first-order valence-corrected chi connectivity index (χ1v) is 10.1. The average molecular weight is 438 g/mol. The van der Waals surface area contributed by atoms with E-state index < -0.39 is 12.1 Å². The fourth-order valence-corrected chi connectivity index (χ4v) is 3.69. The van der Waals surface area contributed by atoms with E-state index in [-0.39, 0.29) is 35.5 Å². The van der Waals surface area contributed by atoms with E-state index in [1.165, 1.54) is 23.8 Å². The van der Waals surface area contributed by atoms with E-state index in [1.807, 2.05) is 24.3 Å². The van der Waals surface area contributed by atoms with Crippen molar-refractivity contribution in [1.29, 1.82) is 0 Å². The van der Waals surface area contributed by atoms with Gasteiger partial charge in [0.25, 0.3) is 0 Å². The van der Waals surface area contributed by atoms with Crippen molar-refractivity contribution in [2.24, 2.45) is 5.41 Å². The van der Waals surface area contributed by atoms with Gasteiger partial charge in [-0.05, 0) is 47.1 Å². The van der Waals surface area contributed by atoms with Crippen LogP contribution in [0, 0.1) is 5.41 Å². The number of benzene rings is 2. The lowest BCUT2D eigenvalue weighted by atomic mass is 9.72. The average Bonchev–Trinajstić information content (AvgIpc) is 2.59. The Morgan fingerprint density at radius 2 is 1.58 bits per heavy atom. The molecule has 0 heterocycles. The van der Waals surface area contributed by atoms with Crippen LogP contribution in [0.4, 0.5) is 18.9 Å². The van der Waals surface area contributed by atoms with E-state index in [0.717, 1.165) is 12.5 Å². The summed E-state index contributed by atoms with van der Waals surface area (Å²) in [6.07, 6.45) is -3.69. The van der Waals surface area contributed by atoms with Crippen molar-refractivity contribution in [3.8, 4) is 11.5 Å². The zero-order chi connectivity index (χ0) is 23.3. The van der Waals surface area contributed by atoms with E-state index in [9.17, 15) is 18.0 Å². The Morgan fingerprint density at radius 1 is 0.935 bits per heavy atom. The summed E-state index contributed by atoms with van der Waals surface area (Å²) >= 11 is 0. The van der Waals surface area contributed by atoms with E-state index in [4.69, 9.17) is 4.74 Å². The fraction of sp³-hybridized carbons (Fsp3) is 0.458. The summed E-state index contributed by atoms with van der Waals surface area (Å²) in [6, 6.07) is 13.0. The van der Waals surface area contributed by atoms with Crippen molar-refractivity contribution in [2.75, 3.05) is 11.9 Å². The number of hydrogen-bond donors (Lipinski definition) is 1. The van der Waals surface area contributed by atoms with Crippen LogP contribution >= 0.6 is 0 Å². The minimum atomic E-state index is -4.78. The minimum Gasteiger partial charge on any atom is -0.493 e. The van der Waals surface area contributed by atoms with Crippen molar-refractivity contribution in [3.63, 3.8) is 0 Å². The Morgan fingerprint density at radius 3 is 2.16 bits per heavy atom. The molecule has 4 nitrogen and oxygen atoms in total. The van der Waals surface area contributed by atoms with Gasteiger partial charge in [0.1, 0.15) is 11.5 Å². The Kier molecular flexibility index (Phi) is 7.63. The maximum Gasteiger partial charge on any atom is 0.573 e. The van der Waals surface area contributed by atoms with E-state index in [2.05, 4.69) is 44.7 Å². The topological polar surface area (TPSA) is 47.6 Å². The molecule has 1 amide bonds. The first kappa shape index (κ1) is 24.6. The van der Waals surface area contributed by atoms with E-state index in [1.54, 1.807) is 0 Å². The molecule has 1 N–H and O–H groups in total. The number of halogens is 3. The van der Waals surface area contributed by atoms with E-state index >= 15 is 0 Å². The lowest BCUT2D eigenvalue weighted by Crippen LogP contribution is -2.24. The van der Waals surface area contributed by atoms with Gasteiger partial charge >= 0.3 is 6.36 Å². The number of amides is 1. The summed E-state index contributed by atoms with van der Waals surface area (Å²) in [4.78, 5) is 12.1. The van der Waals surface area contributed by atoms with Gasteiger partial charge in [0.2, 0.25) is 5.91 Å². The van der Waals surface area contributed by atoms with Crippen molar-refractivity contribution < 1.29 is 27.4 Å². The second kappa shape index (κ2) is 9.62. The third-order valence-corrected chi connectivity index (χ3v) is 4.56. The van der Waals surface area contributed by atoms with Gasteiger partial charge in [0.15, 0.2) is 0 Å². The summed E-state index contributed by atoms with van der Waals surface area (Å²) in [6.45, 7) is 11.2. The Balaban J connectivity index is 1.84. The second-order valence-corrected chi connectivity index (χ2v) is 9.37. The number of hydrogen-bond acceptors (Lipinski definition) is 3. The van der Waals surface area contributed by atoms with Gasteiger partial charge in [-0.25, -0.2) is 0 Å². The highest BCUT2D eigenvalue weighted by Gasteiger charge is 2.31. The summed E-state index contributed by atoms with van der Waals surface area (Å²) in [5.74, 6) is -0.105. The third kappa shape index (κ3) is 8.90. The highest BCUT2D eigenvalue weighted by Crippen LogP contribution is 2.36. The second-order valence-electron chi connectivity index (χ2n) is 9.37. The van der Waals surface area contributed by atoms with Gasteiger partial charge in [0, 0.05) is 11.8 Å².